The molecule has 0 unspecified atom stereocenters. The predicted molar refractivity (Wildman–Crippen MR) is 91.7 cm³/mol. The number of phenols is 1. The molecule has 0 bridgehead atoms. The van der Waals surface area contributed by atoms with Gasteiger partial charge in [0.25, 0.3) is 0 Å². The predicted octanol–water partition coefficient (Wildman–Crippen LogP) is 2.94. The first-order valence-corrected chi connectivity index (χ1v) is 8.22. The molecule has 24 heavy (non-hydrogen) atoms. The van der Waals surface area contributed by atoms with Crippen molar-refractivity contribution in [1.82, 2.24) is 14.9 Å². The standard InChI is InChI=1S/C19H19N3O2/c23-18-7-3-4-13-14(18)8-9-15(13)21-19(24)10-11-22-12-20-16-5-1-2-6-17(16)22/h1-7,12,15,23H,8-11H2,(H,21,24)/t15-/m0/s1. The molecule has 4 rings (SSSR count). The monoisotopic (exact) mass is 321 g/mol. The van der Waals surface area contributed by atoms with Crippen molar-refractivity contribution in [3.63, 3.8) is 0 Å². The average Bonchev–Trinajstić information content (AvgIpc) is 3.18. The van der Waals surface area contributed by atoms with Gasteiger partial charge in [-0.3, -0.25) is 4.79 Å². The van der Waals surface area contributed by atoms with Gasteiger partial charge in [0.15, 0.2) is 0 Å². The third-order valence-electron chi connectivity index (χ3n) is 4.69. The number of aromatic hydroxyl groups is 1. The van der Waals surface area contributed by atoms with Crippen LogP contribution in [0.3, 0.4) is 0 Å². The number of hydrogen-bond donors (Lipinski definition) is 2. The smallest absolute Gasteiger partial charge is 0.222 e. The minimum Gasteiger partial charge on any atom is -0.508 e. The summed E-state index contributed by atoms with van der Waals surface area (Å²) in [6, 6.07) is 13.4. The van der Waals surface area contributed by atoms with E-state index in [1.54, 1.807) is 12.4 Å². The minimum absolute atomic E-state index is 0.000804. The zero-order chi connectivity index (χ0) is 16.5. The second-order valence-corrected chi connectivity index (χ2v) is 6.18. The maximum Gasteiger partial charge on any atom is 0.222 e. The van der Waals surface area contributed by atoms with Gasteiger partial charge in [0, 0.05) is 13.0 Å². The van der Waals surface area contributed by atoms with E-state index in [-0.39, 0.29) is 11.9 Å². The second-order valence-electron chi connectivity index (χ2n) is 6.18. The highest BCUT2D eigenvalue weighted by atomic mass is 16.3. The number of fused-ring (bicyclic) bond motifs is 2. The van der Waals surface area contributed by atoms with E-state index < -0.39 is 0 Å². The third kappa shape index (κ3) is 2.62. The molecule has 0 spiro atoms. The number of amides is 1. The molecule has 5 heteroatoms. The van der Waals surface area contributed by atoms with Crippen LogP contribution in [0.1, 0.15) is 30.0 Å². The number of phenolic OH excluding ortho intramolecular Hbond substituents is 1. The molecule has 0 fully saturated rings. The van der Waals surface area contributed by atoms with Gasteiger partial charge >= 0.3 is 0 Å². The first kappa shape index (κ1) is 14.8. The zero-order valence-corrected chi connectivity index (χ0v) is 13.3. The number of carbonyl (C=O) groups excluding carboxylic acids is 1. The van der Waals surface area contributed by atoms with Crippen LogP contribution in [-0.4, -0.2) is 20.6 Å². The second kappa shape index (κ2) is 6.00. The van der Waals surface area contributed by atoms with E-state index >= 15 is 0 Å². The Morgan fingerprint density at radius 1 is 1.25 bits per heavy atom. The van der Waals surface area contributed by atoms with Crippen LogP contribution in [0, 0.1) is 0 Å². The van der Waals surface area contributed by atoms with E-state index in [0.29, 0.717) is 18.7 Å². The van der Waals surface area contributed by atoms with Gasteiger partial charge in [0.2, 0.25) is 5.91 Å². The topological polar surface area (TPSA) is 67.2 Å². The molecule has 0 saturated carbocycles. The highest BCUT2D eigenvalue weighted by Crippen LogP contribution is 2.36. The lowest BCUT2D eigenvalue weighted by atomic mass is 10.1. The Kier molecular flexibility index (Phi) is 3.69. The van der Waals surface area contributed by atoms with Gasteiger partial charge in [-0.2, -0.15) is 0 Å². The maximum absolute atomic E-state index is 12.3. The molecule has 1 atom stereocenters. The number of nitrogens with one attached hydrogen (secondary N) is 1. The van der Waals surface area contributed by atoms with Crippen LogP contribution in [0.25, 0.3) is 11.0 Å². The molecule has 1 amide bonds. The summed E-state index contributed by atoms with van der Waals surface area (Å²) in [7, 11) is 0. The molecule has 2 aromatic carbocycles. The van der Waals surface area contributed by atoms with Gasteiger partial charge in [-0.1, -0.05) is 24.3 Å². The van der Waals surface area contributed by atoms with Crippen LogP contribution in [-0.2, 0) is 17.8 Å². The number of carbonyl (C=O) groups is 1. The van der Waals surface area contributed by atoms with E-state index in [9.17, 15) is 9.90 Å². The summed E-state index contributed by atoms with van der Waals surface area (Å²) in [6.45, 7) is 0.603. The molecule has 122 valence electrons. The van der Waals surface area contributed by atoms with Crippen LogP contribution >= 0.6 is 0 Å². The molecular formula is C19H19N3O2. The Morgan fingerprint density at radius 3 is 3.04 bits per heavy atom. The quantitative estimate of drug-likeness (QED) is 0.776. The normalized spacial score (nSPS) is 16.2. The Balaban J connectivity index is 1.41. The van der Waals surface area contributed by atoms with Crippen molar-refractivity contribution < 1.29 is 9.90 Å². The van der Waals surface area contributed by atoms with E-state index in [1.165, 1.54) is 0 Å². The lowest BCUT2D eigenvalue weighted by molar-refractivity contribution is -0.122. The van der Waals surface area contributed by atoms with E-state index in [1.807, 2.05) is 41.0 Å². The van der Waals surface area contributed by atoms with Crippen molar-refractivity contribution in [2.24, 2.45) is 0 Å². The van der Waals surface area contributed by atoms with Gasteiger partial charge in [-0.25, -0.2) is 4.98 Å². The van der Waals surface area contributed by atoms with Gasteiger partial charge in [-0.15, -0.1) is 0 Å². The van der Waals surface area contributed by atoms with Gasteiger partial charge in [0.05, 0.1) is 23.4 Å². The fourth-order valence-corrected chi connectivity index (χ4v) is 3.46. The van der Waals surface area contributed by atoms with Gasteiger partial charge in [0.1, 0.15) is 5.75 Å². The molecule has 1 aliphatic rings. The van der Waals surface area contributed by atoms with Crippen molar-refractivity contribution in [2.45, 2.75) is 31.8 Å². The number of imidazole rings is 1. The molecule has 2 N–H and O–H groups in total. The highest BCUT2D eigenvalue weighted by molar-refractivity contribution is 5.78. The Bertz CT molecular complexity index is 901. The summed E-state index contributed by atoms with van der Waals surface area (Å²) in [5.74, 6) is 0.350. The fraction of sp³-hybridized carbons (Fsp3) is 0.263. The summed E-state index contributed by atoms with van der Waals surface area (Å²) in [6.07, 6.45) is 3.83. The lowest BCUT2D eigenvalue weighted by Crippen LogP contribution is -2.27. The van der Waals surface area contributed by atoms with Crippen molar-refractivity contribution in [1.29, 1.82) is 0 Å². The van der Waals surface area contributed by atoms with Crippen molar-refractivity contribution in [3.05, 3.63) is 59.9 Å². The number of hydrogen-bond acceptors (Lipinski definition) is 3. The molecule has 1 aromatic heterocycles. The fourth-order valence-electron chi connectivity index (χ4n) is 3.46. The maximum atomic E-state index is 12.3. The molecule has 1 heterocycles. The number of rotatable bonds is 4. The largest absolute Gasteiger partial charge is 0.508 e. The highest BCUT2D eigenvalue weighted by Gasteiger charge is 2.25. The average molecular weight is 321 g/mol. The molecule has 5 nitrogen and oxygen atoms in total. The first-order chi connectivity index (χ1) is 11.7. The molecule has 1 aliphatic carbocycles. The SMILES string of the molecule is O=C(CCn1cnc2ccccc21)N[C@H]1CCc2c(O)cccc21. The van der Waals surface area contributed by atoms with E-state index in [2.05, 4.69) is 10.3 Å². The molecule has 0 aliphatic heterocycles. The zero-order valence-electron chi connectivity index (χ0n) is 13.3. The Labute approximate surface area is 139 Å². The van der Waals surface area contributed by atoms with Crippen LogP contribution in [0.4, 0.5) is 0 Å². The molecule has 3 aromatic rings. The number of aromatic nitrogens is 2. The molecule has 0 radical (unpaired) electrons. The number of aryl methyl sites for hydroxylation is 1. The third-order valence-corrected chi connectivity index (χ3v) is 4.69. The van der Waals surface area contributed by atoms with E-state index in [0.717, 1.165) is 35.0 Å². The lowest BCUT2D eigenvalue weighted by Gasteiger charge is -2.14. The summed E-state index contributed by atoms with van der Waals surface area (Å²) in [4.78, 5) is 16.7. The Hall–Kier alpha value is -2.82. The van der Waals surface area contributed by atoms with Gasteiger partial charge in [-0.05, 0) is 42.2 Å². The summed E-state index contributed by atoms with van der Waals surface area (Å²) >= 11 is 0. The van der Waals surface area contributed by atoms with Crippen LogP contribution in [0.2, 0.25) is 0 Å². The summed E-state index contributed by atoms with van der Waals surface area (Å²) in [5, 5.41) is 13.0. The van der Waals surface area contributed by atoms with Crippen LogP contribution in [0.15, 0.2) is 48.8 Å². The molecular weight excluding hydrogens is 302 g/mol. The first-order valence-electron chi connectivity index (χ1n) is 8.22. The van der Waals surface area contributed by atoms with Crippen molar-refractivity contribution in [2.75, 3.05) is 0 Å². The van der Waals surface area contributed by atoms with Crippen LogP contribution in [0.5, 0.6) is 5.75 Å². The number of para-hydroxylation sites is 2. The Morgan fingerprint density at radius 2 is 2.12 bits per heavy atom. The van der Waals surface area contributed by atoms with Crippen molar-refractivity contribution in [3.8, 4) is 5.75 Å². The number of nitrogens with zero attached hydrogens (tertiary/aromatic N) is 2. The van der Waals surface area contributed by atoms with Gasteiger partial charge < -0.3 is 15.0 Å². The van der Waals surface area contributed by atoms with Crippen molar-refractivity contribution >= 4 is 16.9 Å². The summed E-state index contributed by atoms with van der Waals surface area (Å²) in [5.41, 5.74) is 3.99. The molecule has 0 saturated heterocycles. The summed E-state index contributed by atoms with van der Waals surface area (Å²) < 4.78 is 2.00. The minimum atomic E-state index is -0.000804. The van der Waals surface area contributed by atoms with E-state index in [4.69, 9.17) is 0 Å². The number of benzene rings is 2. The van der Waals surface area contributed by atoms with Crippen LogP contribution < -0.4 is 5.32 Å².